The van der Waals surface area contributed by atoms with Crippen LogP contribution in [0.15, 0.2) is 67.3 Å². The van der Waals surface area contributed by atoms with Gasteiger partial charge in [0.15, 0.2) is 0 Å². The van der Waals surface area contributed by atoms with Gasteiger partial charge in [0, 0.05) is 29.4 Å². The summed E-state index contributed by atoms with van der Waals surface area (Å²) >= 11 is 0. The third kappa shape index (κ3) is 1.52. The maximum Gasteiger partial charge on any atom is 0.145 e. The van der Waals surface area contributed by atoms with Crippen molar-refractivity contribution in [2.24, 2.45) is 0 Å². The zero-order valence-electron chi connectivity index (χ0n) is 10.2. The van der Waals surface area contributed by atoms with E-state index in [1.54, 1.807) is 0 Å². The molecule has 3 heterocycles. The maximum atomic E-state index is 4.53. The topological polar surface area (TPSA) is 30.7 Å². The van der Waals surface area contributed by atoms with Crippen LogP contribution in [0.25, 0.3) is 27.5 Å². The predicted octanol–water partition coefficient (Wildman–Crippen LogP) is 3.57. The van der Waals surface area contributed by atoms with E-state index in [9.17, 15) is 0 Å². The van der Waals surface area contributed by atoms with Crippen molar-refractivity contribution in [3.8, 4) is 5.82 Å². The maximum absolute atomic E-state index is 4.53. The molecular formula is C16H11N3. The Labute approximate surface area is 110 Å². The van der Waals surface area contributed by atoms with Gasteiger partial charge >= 0.3 is 0 Å². The van der Waals surface area contributed by atoms with Crippen molar-refractivity contribution in [3.63, 3.8) is 0 Å². The van der Waals surface area contributed by atoms with Crippen molar-refractivity contribution in [2.75, 3.05) is 0 Å². The van der Waals surface area contributed by atoms with Crippen molar-refractivity contribution in [2.45, 2.75) is 0 Å². The summed E-state index contributed by atoms with van der Waals surface area (Å²) in [6.45, 7) is 0. The molecule has 90 valence electrons. The third-order valence-corrected chi connectivity index (χ3v) is 3.38. The number of nitrogens with zero attached hydrogens (tertiary/aromatic N) is 3. The molecule has 0 bridgehead atoms. The lowest BCUT2D eigenvalue weighted by Crippen LogP contribution is -1.96. The highest BCUT2D eigenvalue weighted by molar-refractivity contribution is 5.91. The van der Waals surface area contributed by atoms with Crippen LogP contribution in [-0.2, 0) is 0 Å². The quantitative estimate of drug-likeness (QED) is 0.513. The largest absolute Gasteiger partial charge is 0.299 e. The van der Waals surface area contributed by atoms with E-state index in [0.717, 1.165) is 16.7 Å². The molecule has 0 saturated heterocycles. The second-order valence-corrected chi connectivity index (χ2v) is 4.48. The Kier molecular flexibility index (Phi) is 2.12. The molecule has 4 aromatic rings. The van der Waals surface area contributed by atoms with Crippen LogP contribution >= 0.6 is 0 Å². The fraction of sp³-hybridized carbons (Fsp3) is 0. The molecule has 0 fully saturated rings. The van der Waals surface area contributed by atoms with Crippen LogP contribution in [0.5, 0.6) is 0 Å². The normalized spacial score (nSPS) is 11.2. The molecule has 0 amide bonds. The molecule has 3 heteroatoms. The number of fused-ring (bicyclic) bond motifs is 2. The lowest BCUT2D eigenvalue weighted by Gasteiger charge is -2.07. The molecule has 1 aromatic carbocycles. The van der Waals surface area contributed by atoms with Crippen molar-refractivity contribution >= 4 is 21.7 Å². The first kappa shape index (κ1) is 10.3. The molecule has 0 atom stereocenters. The van der Waals surface area contributed by atoms with Gasteiger partial charge in [0.25, 0.3) is 0 Å². The molecule has 0 radical (unpaired) electrons. The number of pyridine rings is 2. The smallest absolute Gasteiger partial charge is 0.145 e. The van der Waals surface area contributed by atoms with Gasteiger partial charge in [-0.2, -0.15) is 0 Å². The van der Waals surface area contributed by atoms with E-state index in [1.807, 2.05) is 49.1 Å². The van der Waals surface area contributed by atoms with E-state index in [-0.39, 0.29) is 0 Å². The zero-order chi connectivity index (χ0) is 12.7. The average molecular weight is 245 g/mol. The number of aromatic nitrogens is 3. The van der Waals surface area contributed by atoms with Crippen LogP contribution in [0.2, 0.25) is 0 Å². The predicted molar refractivity (Wildman–Crippen MR) is 76.4 cm³/mol. The van der Waals surface area contributed by atoms with Crippen molar-refractivity contribution < 1.29 is 0 Å². The van der Waals surface area contributed by atoms with Crippen molar-refractivity contribution in [1.82, 2.24) is 14.5 Å². The first-order valence-electron chi connectivity index (χ1n) is 6.19. The van der Waals surface area contributed by atoms with E-state index in [1.165, 1.54) is 10.8 Å². The highest BCUT2D eigenvalue weighted by Gasteiger charge is 2.07. The Morgan fingerprint density at radius 1 is 0.842 bits per heavy atom. The second kappa shape index (κ2) is 3.92. The molecule has 0 unspecified atom stereocenters. The summed E-state index contributed by atoms with van der Waals surface area (Å²) in [7, 11) is 0. The highest BCUT2D eigenvalue weighted by Crippen LogP contribution is 2.24. The molecule has 19 heavy (non-hydrogen) atoms. The standard InChI is InChI=1S/C16H11N3/c1-2-4-14-12(3-1)6-9-18-16(14)19-10-7-13-5-8-17-11-15(13)19/h1-11H. The van der Waals surface area contributed by atoms with Gasteiger partial charge in [-0.25, -0.2) is 4.98 Å². The molecule has 0 spiro atoms. The van der Waals surface area contributed by atoms with Crippen LogP contribution in [-0.4, -0.2) is 14.5 Å². The van der Waals surface area contributed by atoms with Crippen LogP contribution in [0.1, 0.15) is 0 Å². The monoisotopic (exact) mass is 245 g/mol. The number of hydrogen-bond acceptors (Lipinski definition) is 2. The van der Waals surface area contributed by atoms with Crippen LogP contribution in [0.4, 0.5) is 0 Å². The third-order valence-electron chi connectivity index (χ3n) is 3.38. The Morgan fingerprint density at radius 3 is 2.74 bits per heavy atom. The minimum Gasteiger partial charge on any atom is -0.299 e. The molecule has 3 aromatic heterocycles. The van der Waals surface area contributed by atoms with E-state index in [2.05, 4.69) is 32.7 Å². The summed E-state index contributed by atoms with van der Waals surface area (Å²) in [5.74, 6) is 0.945. The first-order chi connectivity index (χ1) is 9.43. The molecule has 0 saturated carbocycles. The van der Waals surface area contributed by atoms with Gasteiger partial charge in [-0.1, -0.05) is 24.3 Å². The van der Waals surface area contributed by atoms with Crippen LogP contribution in [0, 0.1) is 0 Å². The van der Waals surface area contributed by atoms with Gasteiger partial charge in [-0.05, 0) is 23.6 Å². The average Bonchev–Trinajstić information content (AvgIpc) is 2.90. The Balaban J connectivity index is 2.10. The van der Waals surface area contributed by atoms with Gasteiger partial charge in [0.1, 0.15) is 5.82 Å². The Bertz CT molecular complexity index is 872. The number of rotatable bonds is 1. The summed E-state index contributed by atoms with van der Waals surface area (Å²) in [6, 6.07) is 14.4. The molecule has 4 rings (SSSR count). The fourth-order valence-corrected chi connectivity index (χ4v) is 2.45. The first-order valence-corrected chi connectivity index (χ1v) is 6.19. The molecule has 0 N–H and O–H groups in total. The number of benzene rings is 1. The highest BCUT2D eigenvalue weighted by atomic mass is 15.1. The minimum absolute atomic E-state index is 0.945. The van der Waals surface area contributed by atoms with Crippen molar-refractivity contribution in [3.05, 3.63) is 67.3 Å². The van der Waals surface area contributed by atoms with Crippen LogP contribution < -0.4 is 0 Å². The molecule has 0 aliphatic heterocycles. The summed E-state index contributed by atoms with van der Waals surface area (Å²) in [6.07, 6.45) is 7.57. The Morgan fingerprint density at radius 2 is 1.74 bits per heavy atom. The molecule has 0 aliphatic rings. The lowest BCUT2D eigenvalue weighted by molar-refractivity contribution is 1.06. The summed E-state index contributed by atoms with van der Waals surface area (Å²) < 4.78 is 2.09. The summed E-state index contributed by atoms with van der Waals surface area (Å²) in [4.78, 5) is 8.74. The minimum atomic E-state index is 0.945. The van der Waals surface area contributed by atoms with Crippen LogP contribution in [0.3, 0.4) is 0 Å². The lowest BCUT2D eigenvalue weighted by atomic mass is 10.1. The van der Waals surface area contributed by atoms with Gasteiger partial charge in [0.2, 0.25) is 0 Å². The molecular weight excluding hydrogens is 234 g/mol. The van der Waals surface area contributed by atoms with Crippen molar-refractivity contribution in [1.29, 1.82) is 0 Å². The van der Waals surface area contributed by atoms with Gasteiger partial charge in [-0.3, -0.25) is 9.55 Å². The molecule has 0 aliphatic carbocycles. The van der Waals surface area contributed by atoms with E-state index in [0.29, 0.717) is 0 Å². The van der Waals surface area contributed by atoms with Gasteiger partial charge in [-0.15, -0.1) is 0 Å². The SMILES string of the molecule is c1ccc2c(-n3ccc4ccncc43)nccc2c1. The summed E-state index contributed by atoms with van der Waals surface area (Å²) in [5.41, 5.74) is 1.08. The van der Waals surface area contributed by atoms with E-state index >= 15 is 0 Å². The number of hydrogen-bond donors (Lipinski definition) is 0. The van der Waals surface area contributed by atoms with Gasteiger partial charge in [0.05, 0.1) is 11.7 Å². The van der Waals surface area contributed by atoms with E-state index < -0.39 is 0 Å². The fourth-order valence-electron chi connectivity index (χ4n) is 2.45. The van der Waals surface area contributed by atoms with E-state index in [4.69, 9.17) is 0 Å². The Hall–Kier alpha value is -2.68. The van der Waals surface area contributed by atoms with Gasteiger partial charge < -0.3 is 0 Å². The molecule has 3 nitrogen and oxygen atoms in total. The summed E-state index contributed by atoms with van der Waals surface area (Å²) in [5, 5.41) is 3.51. The second-order valence-electron chi connectivity index (χ2n) is 4.48. The zero-order valence-corrected chi connectivity index (χ0v) is 10.2.